The number of hydrogen-bond acceptors (Lipinski definition) is 9. The third-order valence-corrected chi connectivity index (χ3v) is 27.1. The van der Waals surface area contributed by atoms with E-state index >= 15 is 0 Å². The van der Waals surface area contributed by atoms with Crippen LogP contribution in [-0.2, 0) is 36.7 Å². The van der Waals surface area contributed by atoms with Gasteiger partial charge in [0.05, 0.1) is 50.5 Å². The zero-order valence-corrected chi connectivity index (χ0v) is 92.0. The van der Waals surface area contributed by atoms with E-state index in [4.69, 9.17) is 34.7 Å². The fourth-order valence-electron chi connectivity index (χ4n) is 20.3. The molecule has 0 spiro atoms. The Morgan fingerprint density at radius 3 is 1.08 bits per heavy atom. The van der Waals surface area contributed by atoms with Gasteiger partial charge in [-0.25, -0.2) is 24.3 Å². The van der Waals surface area contributed by atoms with Gasteiger partial charge >= 0.3 is 20.4 Å². The van der Waals surface area contributed by atoms with E-state index in [1.54, 1.807) is 12.1 Å². The summed E-state index contributed by atoms with van der Waals surface area (Å²) in [5, 5.41) is 31.5. The van der Waals surface area contributed by atoms with E-state index in [9.17, 15) is 5.11 Å². The average Bonchev–Trinajstić information content (AvgIpc) is 1.73. The number of nitrogens with zero attached hydrogens (tertiary/aromatic N) is 12. The number of pyridine rings is 3. The molecule has 0 fully saturated rings. The first-order valence-electron chi connectivity index (χ1n) is 49.6. The van der Waals surface area contributed by atoms with Crippen LogP contribution in [0.25, 0.3) is 133 Å². The maximum absolute atomic E-state index is 9.74. The Morgan fingerprint density at radius 2 is 0.646 bits per heavy atom. The van der Waals surface area contributed by atoms with Gasteiger partial charge in [0.15, 0.2) is 0 Å². The van der Waals surface area contributed by atoms with Crippen molar-refractivity contribution >= 4 is 81.3 Å². The van der Waals surface area contributed by atoms with Crippen molar-refractivity contribution < 1.29 is 35.0 Å². The molecule has 17 heteroatoms. The molecule has 754 valence electrons. The summed E-state index contributed by atoms with van der Waals surface area (Å²) in [6.07, 6.45) is 5.71. The number of rotatable bonds is 13. The zero-order chi connectivity index (χ0) is 103. The van der Waals surface area contributed by atoms with E-state index in [2.05, 4.69) is 434 Å². The summed E-state index contributed by atoms with van der Waals surface area (Å²) in [7, 11) is 0. The van der Waals surface area contributed by atoms with E-state index < -0.39 is 0 Å². The molecular formula is C130H139BrN12O3Pd. The van der Waals surface area contributed by atoms with Crippen LogP contribution in [0.3, 0.4) is 0 Å². The van der Waals surface area contributed by atoms with Crippen molar-refractivity contribution in [3.63, 3.8) is 0 Å². The predicted octanol–water partition coefficient (Wildman–Crippen LogP) is 35.3. The van der Waals surface area contributed by atoms with Gasteiger partial charge in [0, 0.05) is 114 Å². The first-order chi connectivity index (χ1) is 68.3. The summed E-state index contributed by atoms with van der Waals surface area (Å²) in [6.45, 7) is 60.8. The number of benzene rings is 12. The molecule has 147 heavy (non-hydrogen) atoms. The van der Waals surface area contributed by atoms with Crippen LogP contribution in [0.5, 0.6) is 28.7 Å². The van der Waals surface area contributed by atoms with Crippen LogP contribution in [0.4, 0.5) is 0 Å². The predicted molar refractivity (Wildman–Crippen MR) is 616 cm³/mol. The molecule has 0 atom stereocenters. The Hall–Kier alpha value is -14.3. The van der Waals surface area contributed by atoms with Crippen LogP contribution in [0.1, 0.15) is 206 Å². The molecule has 0 saturated carbocycles. The smallest absolute Gasteiger partial charge is 0.509 e. The second kappa shape index (κ2) is 43.4. The van der Waals surface area contributed by atoms with Gasteiger partial charge in [-0.05, 0) is 306 Å². The third kappa shape index (κ3) is 22.8. The Morgan fingerprint density at radius 1 is 0.299 bits per heavy atom. The normalized spacial score (nSPS) is 11.6. The van der Waals surface area contributed by atoms with Crippen molar-refractivity contribution in [2.24, 2.45) is 5.41 Å². The van der Waals surface area contributed by atoms with E-state index in [-0.39, 0.29) is 57.3 Å². The third-order valence-electron chi connectivity index (χ3n) is 26.6. The van der Waals surface area contributed by atoms with Crippen LogP contribution in [0.2, 0.25) is 0 Å². The molecule has 0 aliphatic rings. The second-order valence-electron chi connectivity index (χ2n) is 43.3. The van der Waals surface area contributed by atoms with Crippen molar-refractivity contribution in [3.05, 3.63) is 397 Å². The molecule has 0 saturated heterocycles. The van der Waals surface area contributed by atoms with Gasteiger partial charge in [-0.2, -0.15) is 27.4 Å². The first-order valence-corrected chi connectivity index (χ1v) is 50.4. The summed E-state index contributed by atoms with van der Waals surface area (Å²) >= 11 is 3.61. The quantitative estimate of drug-likeness (QED) is 0.0880. The monoisotopic (exact) mass is 2100 g/mol. The first kappa shape index (κ1) is 108. The minimum atomic E-state index is -0.000678. The summed E-state index contributed by atoms with van der Waals surface area (Å²) in [5.41, 5.74) is 38.6. The Bertz CT molecular complexity index is 8090. The molecule has 0 bridgehead atoms. The van der Waals surface area contributed by atoms with Gasteiger partial charge < -0.3 is 19.1 Å². The van der Waals surface area contributed by atoms with Crippen LogP contribution >= 0.6 is 15.9 Å². The molecule has 21 rings (SSSR count). The van der Waals surface area contributed by atoms with Gasteiger partial charge in [-0.1, -0.05) is 252 Å². The topological polar surface area (TPSA) is 146 Å². The van der Waals surface area contributed by atoms with Crippen molar-refractivity contribution in [3.8, 4) is 96.6 Å². The number of phenols is 1. The molecular weight excluding hydrogens is 1960 g/mol. The molecule has 9 aromatic heterocycles. The number of hydrogen-bond donors (Lipinski definition) is 1. The largest absolute Gasteiger partial charge is 2.00 e. The number of aromatic nitrogens is 12. The number of para-hydroxylation sites is 3. The average molecular weight is 2100 g/mol. The number of fused-ring (bicyclic) bond motifs is 9. The Balaban J connectivity index is 0.000000158. The zero-order valence-electron chi connectivity index (χ0n) is 88.9. The minimum Gasteiger partial charge on any atom is -0.509 e. The number of aryl methyl sites for hydroxylation is 12. The second-order valence-corrected chi connectivity index (χ2v) is 44.2. The summed E-state index contributed by atoms with van der Waals surface area (Å²) in [4.78, 5) is 14.3. The number of aromatic hydroxyl groups is 1. The van der Waals surface area contributed by atoms with Gasteiger partial charge in [0.2, 0.25) is 0 Å². The van der Waals surface area contributed by atoms with E-state index in [1.807, 2.05) is 88.1 Å². The summed E-state index contributed by atoms with van der Waals surface area (Å²) < 4.78 is 26.7. The molecule has 9 heterocycles. The molecule has 0 unspecified atom stereocenters. The Kier molecular flexibility index (Phi) is 32.0. The standard InChI is InChI=1S/C41H40N4O.C41H38N4O.C21H19BrN2.C20H22N2O.C5H12.2CH4.Pd/c2*1-25-20-26(2)39(27(3)21-25)40-28(4)43-45(29(40)5)31-12-11-13-32(23-31)46-33-16-17-35-34-14-9-10-15-36(34)44(37(35)24-33)38-22-30(18-19-42-38)41(6,7)8;1-21(2,3)14-10-11-23-20(12-14)24-18-7-5-4-6-16(18)17-9-8-15(22)13-19(17)24;1-12-9-13(2)19(14(3)10-12)20-15(4)21-22(16(20)5)17-7-6-8-18(23)11-17;1-5(2,3)4;;;/h9-24H,1-8H3;9-22H,1-8H3;4-13H,1-3H3;6-11,23H,1-5H3;1-4H3;2*1H4;/q;-2;;;;;;+2. The SMILES string of the molecule is C.C.CC(C)(C)C.CC(C)(C)c1ccnc(-n2c3ccccc3c3ccc(Br)cc32)c1.Cc1cc(C)c(-c2c(C)nn(-c3[c-]c(Oc4[c-]c5c(cc4)c4ccccc4n5-c4cc(C(C)(C)C)ccn4)ccc3)c2C)c(C)c1.Cc1cc(C)c(-c2c(C)nn(-c3cccc(O)c3)c2C)c(C)c1.Cc1cc(C)c(-c2c(C)nn(-c3cccc(Oc4ccc5c6ccccc6n(-c6cc(C(C)(C)C)ccn6)c5c4)c3)c2C)c(C)c1.[Pd+2]. The number of halogens is 1. The van der Waals surface area contributed by atoms with Crippen molar-refractivity contribution in [1.82, 2.24) is 58.0 Å². The molecule has 1 N–H and O–H groups in total. The van der Waals surface area contributed by atoms with Crippen LogP contribution in [-0.4, -0.2) is 63.1 Å². The van der Waals surface area contributed by atoms with Crippen LogP contribution in [0.15, 0.2) is 284 Å². The summed E-state index contributed by atoms with van der Waals surface area (Å²) in [5.74, 6) is 5.70. The fraction of sp³-hybridized carbons (Fsp3) is 0.262. The molecule has 0 amide bonds. The van der Waals surface area contributed by atoms with E-state index in [0.717, 1.165) is 123 Å². The van der Waals surface area contributed by atoms with E-state index in [1.165, 1.54) is 127 Å². The molecule has 12 aromatic carbocycles. The van der Waals surface area contributed by atoms with Crippen molar-refractivity contribution in [2.75, 3.05) is 0 Å². The van der Waals surface area contributed by atoms with Gasteiger partial charge in [-0.15, -0.1) is 35.7 Å². The number of phenolic OH excluding ortho intramolecular Hbond substituents is 1. The molecule has 0 aliphatic carbocycles. The van der Waals surface area contributed by atoms with Crippen LogP contribution < -0.4 is 9.47 Å². The molecule has 15 nitrogen and oxygen atoms in total. The summed E-state index contributed by atoms with van der Waals surface area (Å²) in [6, 6.07) is 96.9. The van der Waals surface area contributed by atoms with Crippen molar-refractivity contribution in [1.29, 1.82) is 0 Å². The van der Waals surface area contributed by atoms with Crippen LogP contribution in [0, 0.1) is 121 Å². The Labute approximate surface area is 891 Å². The maximum Gasteiger partial charge on any atom is 2.00 e. The maximum atomic E-state index is 9.74. The fourth-order valence-corrected chi connectivity index (χ4v) is 20.6. The van der Waals surface area contributed by atoms with Gasteiger partial charge in [0.1, 0.15) is 34.7 Å². The van der Waals surface area contributed by atoms with Crippen molar-refractivity contribution in [2.45, 2.75) is 225 Å². The van der Waals surface area contributed by atoms with Gasteiger partial charge in [-0.3, -0.25) is 13.8 Å². The minimum absolute atomic E-state index is 0. The molecule has 0 radical (unpaired) electrons. The van der Waals surface area contributed by atoms with Gasteiger partial charge in [0.25, 0.3) is 0 Å². The molecule has 0 aliphatic heterocycles. The number of ether oxygens (including phenoxy) is 2. The molecule has 21 aromatic rings. The van der Waals surface area contributed by atoms with E-state index in [0.29, 0.717) is 16.9 Å².